The van der Waals surface area contributed by atoms with Gasteiger partial charge in [-0.05, 0) is 0 Å². The van der Waals surface area contributed by atoms with Crippen molar-refractivity contribution in [2.75, 3.05) is 0 Å². The minimum absolute atomic E-state index is 0.442. The van der Waals surface area contributed by atoms with E-state index < -0.39 is 44.9 Å². The Labute approximate surface area is 101 Å². The fourth-order valence-corrected chi connectivity index (χ4v) is 1.18. The van der Waals surface area contributed by atoms with Gasteiger partial charge >= 0.3 is 17.4 Å². The number of nitrogens with one attached hydrogen (secondary N) is 1. The van der Waals surface area contributed by atoms with Gasteiger partial charge in [0.2, 0.25) is 0 Å². The molecule has 0 bridgehead atoms. The van der Waals surface area contributed by atoms with Crippen LogP contribution in [0.3, 0.4) is 0 Å². The van der Waals surface area contributed by atoms with E-state index >= 15 is 0 Å². The minimum atomic E-state index is -5.31. The summed E-state index contributed by atoms with van der Waals surface area (Å²) in [6, 6.07) is 0. The van der Waals surface area contributed by atoms with Crippen molar-refractivity contribution >= 4 is 5.84 Å². The summed E-state index contributed by atoms with van der Waals surface area (Å²) in [6.07, 6.45) is 0. The molecule has 0 rings (SSSR count). The zero-order chi connectivity index (χ0) is 15.8. The molecular weight excluding hydrogens is 283 g/mol. The molecule has 0 amide bonds. The predicted molar refractivity (Wildman–Crippen MR) is 50.1 cm³/mol. The van der Waals surface area contributed by atoms with Crippen LogP contribution in [0.1, 0.15) is 6.92 Å². The normalized spacial score (nSPS) is 15.4. The van der Waals surface area contributed by atoms with Crippen LogP contribution in [0.15, 0.2) is 0 Å². The van der Waals surface area contributed by atoms with Crippen molar-refractivity contribution in [3.8, 4) is 0 Å². The number of hydrogen-bond donors (Lipinski definition) is 2. The number of hydrogen-bond acceptors (Lipinski definition) is 7. The topological polar surface area (TPSA) is 179 Å². The van der Waals surface area contributed by atoms with Gasteiger partial charge in [-0.3, -0.25) is 35.8 Å². The van der Waals surface area contributed by atoms with Gasteiger partial charge in [-0.15, -0.1) is 0 Å². The van der Waals surface area contributed by atoms with Gasteiger partial charge in [-0.1, -0.05) is 0 Å². The van der Waals surface area contributed by atoms with E-state index in [1.54, 1.807) is 0 Å². The van der Waals surface area contributed by atoms with Crippen molar-refractivity contribution in [2.24, 2.45) is 5.73 Å². The minimum Gasteiger partial charge on any atom is -0.382 e. The third-order valence-corrected chi connectivity index (χ3v) is 2.32. The van der Waals surface area contributed by atoms with Crippen molar-refractivity contribution < 1.29 is 27.9 Å². The van der Waals surface area contributed by atoms with Gasteiger partial charge in [-0.2, -0.15) is 8.78 Å². The monoisotopic (exact) mass is 289 g/mol. The van der Waals surface area contributed by atoms with Gasteiger partial charge in [0.25, 0.3) is 0 Å². The predicted octanol–water partition coefficient (Wildman–Crippen LogP) is -0.230. The first-order chi connectivity index (χ1) is 8.27. The van der Waals surface area contributed by atoms with Gasteiger partial charge in [0, 0.05) is 6.92 Å². The molecular formula is C5H6F3N5O6. The number of alkyl halides is 3. The maximum Gasteiger partial charge on any atom is 0.740 e. The summed E-state index contributed by atoms with van der Waals surface area (Å²) in [4.78, 5) is 24.1. The lowest BCUT2D eigenvalue weighted by atomic mass is 9.91. The van der Waals surface area contributed by atoms with Crippen molar-refractivity contribution in [1.82, 2.24) is 0 Å². The summed E-state index contributed by atoms with van der Waals surface area (Å²) in [5.74, 6) is -12.7. The van der Waals surface area contributed by atoms with E-state index in [1.807, 2.05) is 0 Å². The smallest absolute Gasteiger partial charge is 0.382 e. The van der Waals surface area contributed by atoms with Crippen LogP contribution in [-0.4, -0.2) is 38.0 Å². The molecule has 3 N–H and O–H groups in total. The highest BCUT2D eigenvalue weighted by atomic mass is 19.3. The van der Waals surface area contributed by atoms with Crippen LogP contribution in [0, 0.1) is 35.8 Å². The molecule has 0 aliphatic carbocycles. The van der Waals surface area contributed by atoms with Crippen LogP contribution >= 0.6 is 0 Å². The number of nitrogens with two attached hydrogens (primary N) is 1. The molecule has 11 nitrogen and oxygen atoms in total. The molecule has 1 unspecified atom stereocenters. The van der Waals surface area contributed by atoms with Gasteiger partial charge in [0.1, 0.15) is 0 Å². The van der Waals surface area contributed by atoms with E-state index in [0.717, 1.165) is 0 Å². The average molecular weight is 289 g/mol. The van der Waals surface area contributed by atoms with Crippen LogP contribution in [0.5, 0.6) is 0 Å². The molecule has 0 aromatic rings. The van der Waals surface area contributed by atoms with E-state index in [2.05, 4.69) is 5.73 Å². The van der Waals surface area contributed by atoms with Gasteiger partial charge < -0.3 is 5.73 Å². The fraction of sp³-hybridized carbons (Fsp3) is 0.800. The Balaban J connectivity index is 6.49. The van der Waals surface area contributed by atoms with Crippen molar-refractivity contribution in [1.29, 1.82) is 5.41 Å². The molecule has 0 heterocycles. The van der Waals surface area contributed by atoms with Gasteiger partial charge in [-0.25, -0.2) is 4.39 Å². The van der Waals surface area contributed by atoms with Gasteiger partial charge in [0.05, 0.1) is 0 Å². The Morgan fingerprint density at radius 1 is 1.05 bits per heavy atom. The van der Waals surface area contributed by atoms with Crippen molar-refractivity contribution in [2.45, 2.75) is 24.3 Å². The standard InChI is InChI=1S/C5H6F3N5O6/c1-3(6,4(7,8)2(9)10)5(11(14)15,12(16)17)13(18)19/h1H3,(H3,9,10). The maximum absolute atomic E-state index is 13.9. The van der Waals surface area contributed by atoms with E-state index in [9.17, 15) is 43.5 Å². The van der Waals surface area contributed by atoms with Crippen LogP contribution < -0.4 is 5.73 Å². The maximum atomic E-state index is 13.9. The zero-order valence-electron chi connectivity index (χ0n) is 9.00. The highest BCUT2D eigenvalue weighted by molar-refractivity contribution is 5.85. The zero-order valence-corrected chi connectivity index (χ0v) is 9.00. The molecule has 108 valence electrons. The second kappa shape index (κ2) is 4.29. The van der Waals surface area contributed by atoms with Gasteiger partial charge in [0.15, 0.2) is 20.6 Å². The Kier molecular flexibility index (Phi) is 3.71. The molecule has 0 saturated heterocycles. The quantitative estimate of drug-likeness (QED) is 0.222. The lowest BCUT2D eigenvalue weighted by Gasteiger charge is -2.27. The number of amidine groups is 1. The second-order valence-corrected chi connectivity index (χ2v) is 3.40. The lowest BCUT2D eigenvalue weighted by Crippen LogP contribution is -2.73. The molecule has 0 saturated carbocycles. The first kappa shape index (κ1) is 16.5. The average Bonchev–Trinajstić information content (AvgIpc) is 2.14. The van der Waals surface area contributed by atoms with Crippen molar-refractivity contribution in [3.63, 3.8) is 0 Å². The number of nitro groups is 3. The number of halogens is 3. The van der Waals surface area contributed by atoms with Crippen LogP contribution in [0.25, 0.3) is 0 Å². The largest absolute Gasteiger partial charge is 0.740 e. The SMILES string of the molecule is CC(F)(C(F)(F)C(=N)N)C([N+](=O)[O-])([N+](=O)[O-])[N+](=O)[O-]. The molecule has 0 aliphatic rings. The molecule has 0 aliphatic heterocycles. The van der Waals surface area contributed by atoms with Crippen LogP contribution in [-0.2, 0) is 0 Å². The van der Waals surface area contributed by atoms with E-state index in [1.165, 1.54) is 0 Å². The number of rotatable bonds is 6. The molecule has 14 heteroatoms. The molecule has 0 aromatic heterocycles. The fourth-order valence-electron chi connectivity index (χ4n) is 1.18. The molecule has 1 atom stereocenters. The molecule has 0 aromatic carbocycles. The Morgan fingerprint density at radius 3 is 1.47 bits per heavy atom. The van der Waals surface area contributed by atoms with E-state index in [0.29, 0.717) is 0 Å². The Hall–Kier alpha value is -2.54. The summed E-state index contributed by atoms with van der Waals surface area (Å²) < 4.78 is 40.4. The molecule has 0 spiro atoms. The lowest BCUT2D eigenvalue weighted by molar-refractivity contribution is -0.985. The highest BCUT2D eigenvalue weighted by Crippen LogP contribution is 2.43. The first-order valence-electron chi connectivity index (χ1n) is 4.12. The summed E-state index contributed by atoms with van der Waals surface area (Å²) in [7, 11) is 0. The molecule has 19 heavy (non-hydrogen) atoms. The summed E-state index contributed by atoms with van der Waals surface area (Å²) in [6.45, 7) is -0.442. The second-order valence-electron chi connectivity index (χ2n) is 3.40. The molecule has 0 radical (unpaired) electrons. The van der Waals surface area contributed by atoms with Crippen molar-refractivity contribution in [3.05, 3.63) is 30.3 Å². The summed E-state index contributed by atoms with van der Waals surface area (Å²) in [5, 5.41) is 37.7. The molecule has 0 fully saturated rings. The van der Waals surface area contributed by atoms with E-state index in [4.69, 9.17) is 5.41 Å². The third kappa shape index (κ3) is 1.80. The number of nitrogens with zero attached hydrogens (tertiary/aromatic N) is 3. The Morgan fingerprint density at radius 2 is 1.32 bits per heavy atom. The summed E-state index contributed by atoms with van der Waals surface area (Å²) >= 11 is 0. The summed E-state index contributed by atoms with van der Waals surface area (Å²) in [5.41, 5.74) is -0.705. The third-order valence-electron chi connectivity index (χ3n) is 2.32. The Bertz CT molecular complexity index is 428. The first-order valence-corrected chi connectivity index (χ1v) is 4.12. The van der Waals surface area contributed by atoms with Crippen LogP contribution in [0.2, 0.25) is 0 Å². The highest BCUT2D eigenvalue weighted by Gasteiger charge is 2.92. The van der Waals surface area contributed by atoms with Crippen LogP contribution in [0.4, 0.5) is 13.2 Å². The van der Waals surface area contributed by atoms with E-state index in [-0.39, 0.29) is 0 Å².